The molecule has 0 aliphatic rings. The Morgan fingerprint density at radius 3 is 2.27 bits per heavy atom. The second kappa shape index (κ2) is 9.86. The molecule has 0 rings (SSSR count). The van der Waals surface area contributed by atoms with Gasteiger partial charge in [0, 0.05) is 6.54 Å². The Kier molecular flexibility index (Phi) is 8.97. The number of carbonyl (C=O) groups excluding carboxylic acids is 2. The molecule has 0 aromatic heterocycles. The van der Waals surface area contributed by atoms with Crippen LogP contribution in [-0.4, -0.2) is 47.9 Å². The van der Waals surface area contributed by atoms with Crippen LogP contribution >= 0.6 is 0 Å². The normalized spacial score (nSPS) is 12.2. The number of carboxylic acids is 1. The molecule has 0 radical (unpaired) electrons. The van der Waals surface area contributed by atoms with Crippen molar-refractivity contribution < 1.29 is 24.2 Å². The van der Waals surface area contributed by atoms with E-state index in [1.165, 1.54) is 0 Å². The summed E-state index contributed by atoms with van der Waals surface area (Å²) in [6, 6.07) is -1.72. The average molecular weight is 317 g/mol. The zero-order valence-electron chi connectivity index (χ0n) is 13.7. The lowest BCUT2D eigenvalue weighted by atomic mass is 10.2. The molecule has 0 aliphatic heterocycles. The maximum Gasteiger partial charge on any atom is 0.408 e. The molecule has 0 bridgehead atoms. The highest BCUT2D eigenvalue weighted by atomic mass is 16.6. The van der Waals surface area contributed by atoms with Gasteiger partial charge in [-0.15, -0.1) is 0 Å². The van der Waals surface area contributed by atoms with Gasteiger partial charge >= 0.3 is 18.1 Å². The van der Waals surface area contributed by atoms with Crippen LogP contribution in [0.5, 0.6) is 0 Å². The Labute approximate surface area is 131 Å². The Bertz CT molecular complexity index is 379. The van der Waals surface area contributed by atoms with E-state index in [-0.39, 0.29) is 6.54 Å². The molecular weight excluding hydrogens is 290 g/mol. The number of unbranched alkanes of at least 4 members (excludes halogenated alkanes) is 2. The van der Waals surface area contributed by atoms with Gasteiger partial charge in [-0.2, -0.15) is 0 Å². The smallest absolute Gasteiger partial charge is 0.408 e. The van der Waals surface area contributed by atoms with Crippen LogP contribution in [0, 0.1) is 0 Å². The molecule has 8 nitrogen and oxygen atoms in total. The van der Waals surface area contributed by atoms with E-state index in [4.69, 9.17) is 9.84 Å². The molecular formula is C14H27N3O5. The number of urea groups is 1. The van der Waals surface area contributed by atoms with E-state index in [2.05, 4.69) is 22.9 Å². The summed E-state index contributed by atoms with van der Waals surface area (Å²) in [6.07, 6.45) is 2.08. The highest BCUT2D eigenvalue weighted by Gasteiger charge is 2.24. The monoisotopic (exact) mass is 317 g/mol. The van der Waals surface area contributed by atoms with Crippen LogP contribution in [0.2, 0.25) is 0 Å². The lowest BCUT2D eigenvalue weighted by molar-refractivity contribution is -0.139. The summed E-state index contributed by atoms with van der Waals surface area (Å²) in [6.45, 7) is 7.37. The lowest BCUT2D eigenvalue weighted by Gasteiger charge is -2.22. The van der Waals surface area contributed by atoms with E-state index in [9.17, 15) is 14.4 Å². The van der Waals surface area contributed by atoms with Gasteiger partial charge in [0.25, 0.3) is 0 Å². The molecule has 0 spiro atoms. The van der Waals surface area contributed by atoms with Crippen LogP contribution < -0.4 is 16.0 Å². The van der Waals surface area contributed by atoms with Crippen molar-refractivity contribution in [1.82, 2.24) is 16.0 Å². The van der Waals surface area contributed by atoms with Gasteiger partial charge in [0.1, 0.15) is 11.6 Å². The van der Waals surface area contributed by atoms with Crippen molar-refractivity contribution in [2.75, 3.05) is 13.1 Å². The third-order valence-electron chi connectivity index (χ3n) is 2.52. The van der Waals surface area contributed by atoms with Crippen molar-refractivity contribution in [2.24, 2.45) is 0 Å². The number of nitrogens with one attached hydrogen (secondary N) is 3. The van der Waals surface area contributed by atoms with Crippen molar-refractivity contribution in [3.63, 3.8) is 0 Å². The first-order valence-corrected chi connectivity index (χ1v) is 7.39. The summed E-state index contributed by atoms with van der Waals surface area (Å²) in [5.41, 5.74) is -0.725. The first-order valence-electron chi connectivity index (χ1n) is 7.39. The van der Waals surface area contributed by atoms with Crippen molar-refractivity contribution in [1.29, 1.82) is 0 Å². The number of carboxylic acid groups (broad SMARTS) is 1. The number of rotatable bonds is 8. The molecule has 0 saturated heterocycles. The van der Waals surface area contributed by atoms with Gasteiger partial charge < -0.3 is 25.8 Å². The molecule has 1 unspecified atom stereocenters. The molecule has 0 aliphatic carbocycles. The van der Waals surface area contributed by atoms with Crippen molar-refractivity contribution in [2.45, 2.75) is 58.6 Å². The molecule has 128 valence electrons. The van der Waals surface area contributed by atoms with Crippen LogP contribution in [0.4, 0.5) is 9.59 Å². The van der Waals surface area contributed by atoms with E-state index in [1.807, 2.05) is 0 Å². The molecule has 0 aromatic rings. The maximum absolute atomic E-state index is 11.5. The molecule has 3 amide bonds. The van der Waals surface area contributed by atoms with Crippen LogP contribution in [0.3, 0.4) is 0 Å². The minimum atomic E-state index is -1.25. The Hall–Kier alpha value is -1.99. The van der Waals surface area contributed by atoms with Crippen molar-refractivity contribution in [3.05, 3.63) is 0 Å². The number of carbonyl (C=O) groups is 3. The van der Waals surface area contributed by atoms with E-state index in [1.54, 1.807) is 20.8 Å². The second-order valence-corrected chi connectivity index (χ2v) is 5.88. The fraction of sp³-hybridized carbons (Fsp3) is 0.786. The molecule has 8 heteroatoms. The van der Waals surface area contributed by atoms with E-state index in [0.717, 1.165) is 19.3 Å². The summed E-state index contributed by atoms with van der Waals surface area (Å²) < 4.78 is 4.98. The highest BCUT2D eigenvalue weighted by Crippen LogP contribution is 2.06. The molecule has 0 aromatic carbocycles. The van der Waals surface area contributed by atoms with Crippen LogP contribution in [0.15, 0.2) is 0 Å². The molecule has 1 atom stereocenters. The number of amides is 3. The van der Waals surface area contributed by atoms with Crippen LogP contribution in [-0.2, 0) is 9.53 Å². The minimum Gasteiger partial charge on any atom is -0.480 e. The number of alkyl carbamates (subject to hydrolysis) is 1. The first-order chi connectivity index (χ1) is 10.2. The van der Waals surface area contributed by atoms with Gasteiger partial charge in [-0.1, -0.05) is 19.8 Å². The zero-order valence-corrected chi connectivity index (χ0v) is 13.7. The number of aliphatic carboxylic acids is 1. The Morgan fingerprint density at radius 1 is 1.14 bits per heavy atom. The van der Waals surface area contributed by atoms with Gasteiger partial charge in [-0.25, -0.2) is 14.4 Å². The third-order valence-corrected chi connectivity index (χ3v) is 2.52. The fourth-order valence-electron chi connectivity index (χ4n) is 1.48. The molecule has 4 N–H and O–H groups in total. The number of ether oxygens (including phenoxy) is 1. The van der Waals surface area contributed by atoms with Gasteiger partial charge in [-0.3, -0.25) is 0 Å². The van der Waals surface area contributed by atoms with Gasteiger partial charge in [0.2, 0.25) is 0 Å². The van der Waals surface area contributed by atoms with Crippen LogP contribution in [0.1, 0.15) is 47.0 Å². The molecule has 0 fully saturated rings. The predicted molar refractivity (Wildman–Crippen MR) is 81.7 cm³/mol. The topological polar surface area (TPSA) is 117 Å². The SMILES string of the molecule is CCCCCNC(=O)NCC(NC(=O)OC(C)(C)C)C(=O)O. The van der Waals surface area contributed by atoms with Gasteiger partial charge in [0.05, 0.1) is 6.54 Å². The van der Waals surface area contributed by atoms with E-state index >= 15 is 0 Å². The summed E-state index contributed by atoms with van der Waals surface area (Å²) >= 11 is 0. The average Bonchev–Trinajstić information content (AvgIpc) is 2.37. The summed E-state index contributed by atoms with van der Waals surface area (Å²) in [5, 5.41) is 16.3. The fourth-order valence-corrected chi connectivity index (χ4v) is 1.48. The standard InChI is InChI=1S/C14H27N3O5/c1-5-6-7-8-15-12(20)16-9-10(11(18)19)17-13(21)22-14(2,3)4/h10H,5-9H2,1-4H3,(H,17,21)(H,18,19)(H2,15,16,20). The lowest BCUT2D eigenvalue weighted by Crippen LogP contribution is -2.51. The maximum atomic E-state index is 11.5. The highest BCUT2D eigenvalue weighted by molar-refractivity contribution is 5.81. The number of hydrogen-bond acceptors (Lipinski definition) is 4. The van der Waals surface area contributed by atoms with Gasteiger partial charge in [0.15, 0.2) is 0 Å². The summed E-state index contributed by atoms with van der Waals surface area (Å²) in [7, 11) is 0. The van der Waals surface area contributed by atoms with E-state index in [0.29, 0.717) is 6.54 Å². The molecule has 0 heterocycles. The number of hydrogen-bond donors (Lipinski definition) is 4. The summed E-state index contributed by atoms with van der Waals surface area (Å²) in [4.78, 5) is 34.1. The van der Waals surface area contributed by atoms with Crippen LogP contribution in [0.25, 0.3) is 0 Å². The van der Waals surface area contributed by atoms with E-state index < -0.39 is 29.7 Å². The van der Waals surface area contributed by atoms with Gasteiger partial charge in [-0.05, 0) is 27.2 Å². The molecule has 0 saturated carbocycles. The third kappa shape index (κ3) is 10.8. The van der Waals surface area contributed by atoms with Crippen molar-refractivity contribution >= 4 is 18.1 Å². The van der Waals surface area contributed by atoms with Crippen molar-refractivity contribution in [3.8, 4) is 0 Å². The minimum absolute atomic E-state index is 0.228. The zero-order chi connectivity index (χ0) is 17.2. The quantitative estimate of drug-likeness (QED) is 0.506. The predicted octanol–water partition coefficient (Wildman–Crippen LogP) is 1.45. The molecule has 22 heavy (non-hydrogen) atoms. The Morgan fingerprint density at radius 2 is 1.77 bits per heavy atom. The summed E-state index contributed by atoms with van der Waals surface area (Å²) in [5.74, 6) is -1.25. The second-order valence-electron chi connectivity index (χ2n) is 5.88. The largest absolute Gasteiger partial charge is 0.480 e. The first kappa shape index (κ1) is 20.0. The Balaban J connectivity index is 4.17.